The maximum absolute atomic E-state index is 12.4. The molecule has 6 heteroatoms. The molecular weight excluding hydrogens is 292 g/mol. The van der Waals surface area contributed by atoms with Crippen LogP contribution < -0.4 is 10.6 Å². The zero-order valence-corrected chi connectivity index (χ0v) is 15.0. The molecule has 0 aromatic heterocycles. The Labute approximate surface area is 140 Å². The molecule has 2 aliphatic rings. The fourth-order valence-corrected chi connectivity index (χ4v) is 2.69. The van der Waals surface area contributed by atoms with E-state index in [1.54, 1.807) is 0 Å². The summed E-state index contributed by atoms with van der Waals surface area (Å²) in [5, 5.41) is 6.70. The van der Waals surface area contributed by atoms with Crippen LogP contribution in [0.3, 0.4) is 0 Å². The van der Waals surface area contributed by atoms with Crippen molar-refractivity contribution in [2.75, 3.05) is 19.6 Å². The van der Waals surface area contributed by atoms with E-state index in [-0.39, 0.29) is 12.1 Å². The standard InChI is InChI=1S/C17H32N4O2/c1-5-18-15(20-13-9-10-13)19-12-14-8-6-7-11-21(14)16(22)23-17(2,3)4/h13-14H,5-12H2,1-4H3,(H2,18,19,20). The Morgan fingerprint density at radius 1 is 1.26 bits per heavy atom. The van der Waals surface area contributed by atoms with Gasteiger partial charge < -0.3 is 20.3 Å². The van der Waals surface area contributed by atoms with E-state index in [4.69, 9.17) is 9.73 Å². The number of amides is 1. The van der Waals surface area contributed by atoms with E-state index in [2.05, 4.69) is 17.6 Å². The summed E-state index contributed by atoms with van der Waals surface area (Å²) in [7, 11) is 0. The highest BCUT2D eigenvalue weighted by atomic mass is 16.6. The Hall–Kier alpha value is -1.46. The number of aliphatic imine (C=N–C) groups is 1. The number of nitrogens with one attached hydrogen (secondary N) is 2. The van der Waals surface area contributed by atoms with Crippen LogP contribution in [0.2, 0.25) is 0 Å². The summed E-state index contributed by atoms with van der Waals surface area (Å²) in [6.07, 6.45) is 5.41. The predicted molar refractivity (Wildman–Crippen MR) is 92.7 cm³/mol. The van der Waals surface area contributed by atoms with Gasteiger partial charge in [0.25, 0.3) is 0 Å². The molecule has 0 bridgehead atoms. The zero-order valence-electron chi connectivity index (χ0n) is 15.0. The fraction of sp³-hybridized carbons (Fsp3) is 0.882. The number of guanidine groups is 1. The van der Waals surface area contributed by atoms with Gasteiger partial charge in [-0.25, -0.2) is 4.79 Å². The van der Waals surface area contributed by atoms with Crippen molar-refractivity contribution in [3.63, 3.8) is 0 Å². The van der Waals surface area contributed by atoms with Gasteiger partial charge in [0.2, 0.25) is 0 Å². The molecule has 1 saturated heterocycles. The SMILES string of the molecule is CCNC(=NCC1CCCCN1C(=O)OC(C)(C)C)NC1CC1. The number of nitrogens with zero attached hydrogens (tertiary/aromatic N) is 2. The minimum Gasteiger partial charge on any atom is -0.444 e. The Balaban J connectivity index is 1.95. The number of likely N-dealkylation sites (tertiary alicyclic amines) is 1. The Morgan fingerprint density at radius 3 is 2.61 bits per heavy atom. The van der Waals surface area contributed by atoms with Crippen molar-refractivity contribution in [2.45, 2.75) is 77.5 Å². The van der Waals surface area contributed by atoms with E-state index in [1.807, 2.05) is 25.7 Å². The second-order valence-corrected chi connectivity index (χ2v) is 7.46. The van der Waals surface area contributed by atoms with Gasteiger partial charge in [-0.3, -0.25) is 4.99 Å². The van der Waals surface area contributed by atoms with Gasteiger partial charge >= 0.3 is 6.09 Å². The van der Waals surface area contributed by atoms with Crippen LogP contribution in [0, 0.1) is 0 Å². The Kier molecular flexibility index (Phi) is 6.13. The molecule has 6 nitrogen and oxygen atoms in total. The summed E-state index contributed by atoms with van der Waals surface area (Å²) in [6.45, 7) is 10.0. The van der Waals surface area contributed by atoms with Gasteiger partial charge in [0.1, 0.15) is 5.60 Å². The summed E-state index contributed by atoms with van der Waals surface area (Å²) in [4.78, 5) is 19.0. The molecule has 1 atom stereocenters. The zero-order chi connectivity index (χ0) is 16.9. The third-order valence-corrected chi connectivity index (χ3v) is 3.98. The first kappa shape index (κ1) is 17.9. The normalized spacial score (nSPS) is 22.7. The van der Waals surface area contributed by atoms with E-state index in [0.29, 0.717) is 12.6 Å². The molecule has 132 valence electrons. The first-order chi connectivity index (χ1) is 10.9. The molecule has 0 aromatic carbocycles. The molecule has 2 fully saturated rings. The van der Waals surface area contributed by atoms with Crippen LogP contribution in [0.5, 0.6) is 0 Å². The second kappa shape index (κ2) is 7.88. The van der Waals surface area contributed by atoms with Crippen molar-refractivity contribution in [3.05, 3.63) is 0 Å². The molecule has 1 saturated carbocycles. The second-order valence-electron chi connectivity index (χ2n) is 7.46. The van der Waals surface area contributed by atoms with Crippen molar-refractivity contribution in [2.24, 2.45) is 4.99 Å². The maximum Gasteiger partial charge on any atom is 0.410 e. The molecule has 1 unspecified atom stereocenters. The molecule has 0 spiro atoms. The summed E-state index contributed by atoms with van der Waals surface area (Å²) in [5.74, 6) is 0.865. The monoisotopic (exact) mass is 324 g/mol. The van der Waals surface area contributed by atoms with Crippen LogP contribution >= 0.6 is 0 Å². The van der Waals surface area contributed by atoms with Crippen molar-refractivity contribution in [3.8, 4) is 0 Å². The van der Waals surface area contributed by atoms with Crippen molar-refractivity contribution in [1.82, 2.24) is 15.5 Å². The van der Waals surface area contributed by atoms with Crippen molar-refractivity contribution >= 4 is 12.1 Å². The van der Waals surface area contributed by atoms with Crippen LogP contribution in [0.15, 0.2) is 4.99 Å². The Morgan fingerprint density at radius 2 is 2.00 bits per heavy atom. The van der Waals surface area contributed by atoms with Gasteiger partial charge in [-0.1, -0.05) is 0 Å². The van der Waals surface area contributed by atoms with Crippen LogP contribution in [0.25, 0.3) is 0 Å². The van der Waals surface area contributed by atoms with Gasteiger partial charge in [0, 0.05) is 19.1 Å². The topological polar surface area (TPSA) is 66.0 Å². The highest BCUT2D eigenvalue weighted by Gasteiger charge is 2.30. The number of hydrogen-bond acceptors (Lipinski definition) is 3. The number of hydrogen-bond donors (Lipinski definition) is 2. The minimum absolute atomic E-state index is 0.133. The fourth-order valence-electron chi connectivity index (χ4n) is 2.69. The van der Waals surface area contributed by atoms with Gasteiger partial charge in [0.05, 0.1) is 12.6 Å². The Bertz CT molecular complexity index is 427. The van der Waals surface area contributed by atoms with Gasteiger partial charge in [0.15, 0.2) is 5.96 Å². The molecule has 2 N–H and O–H groups in total. The third-order valence-electron chi connectivity index (χ3n) is 3.98. The number of carbonyl (C=O) groups is 1. The smallest absolute Gasteiger partial charge is 0.410 e. The number of ether oxygens (including phenoxy) is 1. The van der Waals surface area contributed by atoms with Crippen molar-refractivity contribution < 1.29 is 9.53 Å². The van der Waals surface area contributed by atoms with E-state index in [0.717, 1.165) is 38.3 Å². The number of rotatable bonds is 4. The predicted octanol–water partition coefficient (Wildman–Crippen LogP) is 2.49. The number of piperidine rings is 1. The molecule has 1 aliphatic carbocycles. The summed E-state index contributed by atoms with van der Waals surface area (Å²) < 4.78 is 5.54. The highest BCUT2D eigenvalue weighted by Crippen LogP contribution is 2.21. The summed E-state index contributed by atoms with van der Waals surface area (Å²) in [5.41, 5.74) is -0.454. The molecule has 0 radical (unpaired) electrons. The molecule has 0 aromatic rings. The third kappa shape index (κ3) is 6.28. The molecule has 2 rings (SSSR count). The quantitative estimate of drug-likeness (QED) is 0.616. The lowest BCUT2D eigenvalue weighted by Crippen LogP contribution is -2.48. The van der Waals surface area contributed by atoms with Gasteiger partial charge in [-0.2, -0.15) is 0 Å². The molecule has 1 heterocycles. The van der Waals surface area contributed by atoms with Crippen LogP contribution in [0.4, 0.5) is 4.79 Å². The number of carbonyl (C=O) groups excluding carboxylic acids is 1. The first-order valence-electron chi connectivity index (χ1n) is 8.93. The molecule has 1 amide bonds. The van der Waals surface area contributed by atoms with Gasteiger partial charge in [-0.05, 0) is 59.8 Å². The van der Waals surface area contributed by atoms with Crippen LogP contribution in [-0.2, 0) is 4.74 Å². The minimum atomic E-state index is -0.454. The lowest BCUT2D eigenvalue weighted by Gasteiger charge is -2.36. The average Bonchev–Trinajstić information content (AvgIpc) is 3.27. The molecule has 23 heavy (non-hydrogen) atoms. The lowest BCUT2D eigenvalue weighted by molar-refractivity contribution is 0.0110. The molecule has 1 aliphatic heterocycles. The van der Waals surface area contributed by atoms with Crippen LogP contribution in [-0.4, -0.2) is 54.3 Å². The van der Waals surface area contributed by atoms with E-state index in [1.165, 1.54) is 12.8 Å². The van der Waals surface area contributed by atoms with E-state index in [9.17, 15) is 4.79 Å². The van der Waals surface area contributed by atoms with Crippen LogP contribution in [0.1, 0.15) is 59.8 Å². The average molecular weight is 324 g/mol. The largest absolute Gasteiger partial charge is 0.444 e. The van der Waals surface area contributed by atoms with E-state index < -0.39 is 5.60 Å². The van der Waals surface area contributed by atoms with Crippen molar-refractivity contribution in [1.29, 1.82) is 0 Å². The highest BCUT2D eigenvalue weighted by molar-refractivity contribution is 5.80. The molecular formula is C17H32N4O2. The van der Waals surface area contributed by atoms with Gasteiger partial charge in [-0.15, -0.1) is 0 Å². The summed E-state index contributed by atoms with van der Waals surface area (Å²) >= 11 is 0. The first-order valence-corrected chi connectivity index (χ1v) is 8.93. The van der Waals surface area contributed by atoms with E-state index >= 15 is 0 Å². The maximum atomic E-state index is 12.4. The lowest BCUT2D eigenvalue weighted by atomic mass is 10.0. The summed E-state index contributed by atoms with van der Waals surface area (Å²) in [6, 6.07) is 0.703.